The number of nitrogens with two attached hydrogens (primary N) is 1. The second kappa shape index (κ2) is 5.96. The zero-order valence-corrected chi connectivity index (χ0v) is 13.0. The van der Waals surface area contributed by atoms with Crippen LogP contribution in [0.25, 0.3) is 0 Å². The highest BCUT2D eigenvalue weighted by Crippen LogP contribution is 2.23. The van der Waals surface area contributed by atoms with Gasteiger partial charge >= 0.3 is 6.09 Å². The van der Waals surface area contributed by atoms with Crippen molar-refractivity contribution < 1.29 is 9.53 Å². The molecule has 2 aliphatic rings. The summed E-state index contributed by atoms with van der Waals surface area (Å²) in [7, 11) is 0. The minimum atomic E-state index is -0.329. The Morgan fingerprint density at radius 3 is 2.68 bits per heavy atom. The van der Waals surface area contributed by atoms with E-state index in [1.807, 2.05) is 24.3 Å². The van der Waals surface area contributed by atoms with Gasteiger partial charge in [-0.3, -0.25) is 9.89 Å². The molecule has 6 heteroatoms. The van der Waals surface area contributed by atoms with E-state index in [1.54, 1.807) is 4.90 Å². The van der Waals surface area contributed by atoms with Gasteiger partial charge in [-0.2, -0.15) is 0 Å². The van der Waals surface area contributed by atoms with E-state index in [1.165, 1.54) is 0 Å². The molecule has 0 radical (unpaired) electrons. The van der Waals surface area contributed by atoms with Crippen molar-refractivity contribution in [3.8, 4) is 0 Å². The highest BCUT2D eigenvalue weighted by Gasteiger charge is 2.31. The van der Waals surface area contributed by atoms with Crippen LogP contribution in [0.4, 0.5) is 10.5 Å². The Labute approximate surface area is 130 Å². The molecular weight excluding hydrogens is 280 g/mol. The number of amidine groups is 1. The third-order valence-corrected chi connectivity index (χ3v) is 4.07. The van der Waals surface area contributed by atoms with Crippen molar-refractivity contribution in [3.63, 3.8) is 0 Å². The van der Waals surface area contributed by atoms with Crippen LogP contribution in [-0.2, 0) is 4.74 Å². The van der Waals surface area contributed by atoms with E-state index in [4.69, 9.17) is 10.5 Å². The van der Waals surface area contributed by atoms with Gasteiger partial charge < -0.3 is 15.4 Å². The van der Waals surface area contributed by atoms with E-state index in [-0.39, 0.29) is 12.2 Å². The lowest BCUT2D eigenvalue weighted by molar-refractivity contribution is 0.145. The molecule has 22 heavy (non-hydrogen) atoms. The molecule has 2 N–H and O–H groups in total. The predicted octanol–water partition coefficient (Wildman–Crippen LogP) is 1.44. The quantitative estimate of drug-likeness (QED) is 0.913. The molecule has 1 aromatic carbocycles. The maximum Gasteiger partial charge on any atom is 0.414 e. The average molecular weight is 302 g/mol. The first-order valence-corrected chi connectivity index (χ1v) is 7.70. The zero-order valence-electron chi connectivity index (χ0n) is 13.0. The van der Waals surface area contributed by atoms with E-state index >= 15 is 0 Å². The average Bonchev–Trinajstić information content (AvgIpc) is 3.14. The molecule has 6 nitrogen and oxygen atoms in total. The van der Waals surface area contributed by atoms with Crippen molar-refractivity contribution in [1.29, 1.82) is 0 Å². The van der Waals surface area contributed by atoms with Crippen molar-refractivity contribution in [2.45, 2.75) is 26.0 Å². The normalized spacial score (nSPS) is 21.5. The third kappa shape index (κ3) is 2.66. The highest BCUT2D eigenvalue weighted by atomic mass is 16.6. The molecule has 3 rings (SSSR count). The van der Waals surface area contributed by atoms with Crippen LogP contribution in [0.1, 0.15) is 19.4 Å². The molecule has 0 aliphatic carbocycles. The summed E-state index contributed by atoms with van der Waals surface area (Å²) in [6.07, 6.45) is -0.548. The molecule has 0 unspecified atom stereocenters. The number of carbonyl (C=O) groups excluding carboxylic acids is 1. The van der Waals surface area contributed by atoms with Crippen LogP contribution in [0.2, 0.25) is 0 Å². The number of rotatable bonds is 4. The van der Waals surface area contributed by atoms with Crippen molar-refractivity contribution in [3.05, 3.63) is 29.8 Å². The van der Waals surface area contributed by atoms with Crippen molar-refractivity contribution >= 4 is 17.6 Å². The number of carbonyl (C=O) groups is 1. The molecule has 1 fully saturated rings. The van der Waals surface area contributed by atoms with Crippen LogP contribution in [0, 0.1) is 0 Å². The minimum Gasteiger partial charge on any atom is -0.443 e. The topological polar surface area (TPSA) is 71.2 Å². The summed E-state index contributed by atoms with van der Waals surface area (Å²) in [5.74, 6) is 1.03. The van der Waals surface area contributed by atoms with Gasteiger partial charge in [0.15, 0.2) is 0 Å². The predicted molar refractivity (Wildman–Crippen MR) is 86.4 cm³/mol. The van der Waals surface area contributed by atoms with Gasteiger partial charge in [0.25, 0.3) is 0 Å². The van der Waals surface area contributed by atoms with Gasteiger partial charge in [-0.25, -0.2) is 4.79 Å². The Morgan fingerprint density at radius 1 is 1.36 bits per heavy atom. The lowest BCUT2D eigenvalue weighted by atomic mass is 10.1. The molecule has 1 saturated heterocycles. The van der Waals surface area contributed by atoms with Crippen LogP contribution >= 0.6 is 0 Å². The lowest BCUT2D eigenvalue weighted by Crippen LogP contribution is -2.34. The third-order valence-electron chi connectivity index (χ3n) is 4.07. The largest absolute Gasteiger partial charge is 0.443 e. The molecular formula is C16H22N4O2. The van der Waals surface area contributed by atoms with Gasteiger partial charge in [0.05, 0.1) is 13.1 Å². The second-order valence-electron chi connectivity index (χ2n) is 5.89. The van der Waals surface area contributed by atoms with Gasteiger partial charge in [0.2, 0.25) is 0 Å². The van der Waals surface area contributed by atoms with Gasteiger partial charge in [0.1, 0.15) is 11.9 Å². The van der Waals surface area contributed by atoms with Crippen LogP contribution in [0.3, 0.4) is 0 Å². The fraction of sp³-hybridized carbons (Fsp3) is 0.500. The summed E-state index contributed by atoms with van der Waals surface area (Å²) >= 11 is 0. The molecule has 118 valence electrons. The molecule has 0 saturated carbocycles. The van der Waals surface area contributed by atoms with E-state index in [9.17, 15) is 4.79 Å². The Balaban J connectivity index is 1.78. The Kier molecular flexibility index (Phi) is 4.02. The summed E-state index contributed by atoms with van der Waals surface area (Å²) in [5, 5.41) is 0. The molecule has 0 spiro atoms. The summed E-state index contributed by atoms with van der Waals surface area (Å²) in [5.41, 5.74) is 7.48. The van der Waals surface area contributed by atoms with Gasteiger partial charge in [-0.05, 0) is 38.1 Å². The first-order valence-electron chi connectivity index (χ1n) is 7.70. The Morgan fingerprint density at radius 2 is 2.09 bits per heavy atom. The number of anilines is 1. The standard InChI is InChI=1S/C16H22N4O2/c1-11(2)19-8-7-18-15(19)12-3-5-13(6-4-12)20-10-14(9-17)22-16(20)21/h3-6,11,14H,7-10,17H2,1-2H3/t14-/m0/s1. The van der Waals surface area contributed by atoms with E-state index in [2.05, 4.69) is 23.7 Å². The number of nitrogens with zero attached hydrogens (tertiary/aromatic N) is 3. The number of ether oxygens (including phenoxy) is 1. The number of aliphatic imine (C=N–C) groups is 1. The van der Waals surface area contributed by atoms with Crippen molar-refractivity contribution in [1.82, 2.24) is 4.90 Å². The van der Waals surface area contributed by atoms with Gasteiger partial charge in [-0.15, -0.1) is 0 Å². The second-order valence-corrected chi connectivity index (χ2v) is 5.89. The minimum absolute atomic E-state index is 0.220. The summed E-state index contributed by atoms with van der Waals surface area (Å²) < 4.78 is 5.19. The Bertz CT molecular complexity index is 582. The molecule has 0 bridgehead atoms. The number of benzene rings is 1. The zero-order chi connectivity index (χ0) is 15.7. The van der Waals surface area contributed by atoms with Crippen LogP contribution < -0.4 is 10.6 Å². The van der Waals surface area contributed by atoms with E-state index in [0.717, 1.165) is 30.2 Å². The van der Waals surface area contributed by atoms with Gasteiger partial charge in [0, 0.05) is 30.4 Å². The van der Waals surface area contributed by atoms with Crippen LogP contribution in [-0.4, -0.2) is 55.2 Å². The smallest absolute Gasteiger partial charge is 0.414 e. The van der Waals surface area contributed by atoms with Crippen LogP contribution in [0.15, 0.2) is 29.3 Å². The molecule has 1 atom stereocenters. The SMILES string of the molecule is CC(C)N1CCN=C1c1ccc(N2C[C@H](CN)OC2=O)cc1. The fourth-order valence-electron chi connectivity index (χ4n) is 2.87. The molecule has 1 amide bonds. The number of amides is 1. The summed E-state index contributed by atoms with van der Waals surface area (Å²) in [6.45, 7) is 7.00. The monoisotopic (exact) mass is 302 g/mol. The summed E-state index contributed by atoms with van der Waals surface area (Å²) in [4.78, 5) is 20.4. The van der Waals surface area contributed by atoms with E-state index < -0.39 is 0 Å². The van der Waals surface area contributed by atoms with Gasteiger partial charge in [-0.1, -0.05) is 0 Å². The highest BCUT2D eigenvalue weighted by molar-refractivity contribution is 6.00. The maximum atomic E-state index is 11.8. The Hall–Kier alpha value is -2.08. The van der Waals surface area contributed by atoms with Crippen molar-refractivity contribution in [2.75, 3.05) is 31.1 Å². The molecule has 2 aliphatic heterocycles. The van der Waals surface area contributed by atoms with Crippen LogP contribution in [0.5, 0.6) is 0 Å². The lowest BCUT2D eigenvalue weighted by Gasteiger charge is -2.25. The first-order chi connectivity index (χ1) is 10.6. The van der Waals surface area contributed by atoms with E-state index in [0.29, 0.717) is 19.1 Å². The first kappa shape index (κ1) is 14.8. The molecule has 1 aromatic rings. The maximum absolute atomic E-state index is 11.8. The molecule has 2 heterocycles. The fourth-order valence-corrected chi connectivity index (χ4v) is 2.87. The van der Waals surface area contributed by atoms with Crippen molar-refractivity contribution in [2.24, 2.45) is 10.7 Å². The number of hydrogen-bond donors (Lipinski definition) is 1. The number of cyclic esters (lactones) is 1. The number of hydrogen-bond acceptors (Lipinski definition) is 5. The molecule has 0 aromatic heterocycles. The summed E-state index contributed by atoms with van der Waals surface area (Å²) in [6, 6.07) is 8.33.